The van der Waals surface area contributed by atoms with Gasteiger partial charge in [0.05, 0.1) is 5.69 Å². The predicted molar refractivity (Wildman–Crippen MR) is 150 cm³/mol. The van der Waals surface area contributed by atoms with Crippen molar-refractivity contribution >= 4 is 46.7 Å². The summed E-state index contributed by atoms with van der Waals surface area (Å²) < 4.78 is 43.5. The number of nitrogens with one attached hydrogen (secondary N) is 3. The van der Waals surface area contributed by atoms with Gasteiger partial charge in [-0.25, -0.2) is 4.98 Å². The van der Waals surface area contributed by atoms with E-state index in [1.54, 1.807) is 11.9 Å². The number of rotatable bonds is 13. The van der Waals surface area contributed by atoms with E-state index in [9.17, 15) is 18.0 Å². The van der Waals surface area contributed by atoms with Crippen LogP contribution in [0.4, 0.5) is 42.0 Å². The Bertz CT molecular complexity index is 1290. The Balaban J connectivity index is 1.53. The smallest absolute Gasteiger partial charge is 0.421 e. The van der Waals surface area contributed by atoms with E-state index < -0.39 is 17.7 Å². The van der Waals surface area contributed by atoms with Crippen molar-refractivity contribution in [2.75, 3.05) is 39.1 Å². The van der Waals surface area contributed by atoms with Crippen LogP contribution in [0.25, 0.3) is 0 Å². The quantitative estimate of drug-likeness (QED) is 0.137. The minimum absolute atomic E-state index is 0.0614. The summed E-state index contributed by atoms with van der Waals surface area (Å²) in [4.78, 5) is 19.0. The fraction of sp³-hybridized carbons (Fsp3) is 0.370. The van der Waals surface area contributed by atoms with Crippen LogP contribution in [0.2, 0.25) is 0 Å². The molecule has 0 unspecified atom stereocenters. The van der Waals surface area contributed by atoms with E-state index in [1.165, 1.54) is 0 Å². The first-order valence-corrected chi connectivity index (χ1v) is 13.7. The van der Waals surface area contributed by atoms with Crippen molar-refractivity contribution in [3.05, 3.63) is 65.4 Å². The SMILES string of the molecule is CCSN(CCCCC(=O)O)c1ccccc1CNc1nc(Nc2ccc3c(c2)CCN3)ncc1C(F)(F)F. The molecular formula is C27H31F3N6O2S. The minimum Gasteiger partial charge on any atom is -0.481 e. The maximum Gasteiger partial charge on any atom is 0.421 e. The average Bonchev–Trinajstić information content (AvgIpc) is 3.37. The van der Waals surface area contributed by atoms with Crippen LogP contribution in [0.5, 0.6) is 0 Å². The third kappa shape index (κ3) is 7.69. The molecule has 1 aromatic heterocycles. The number of nitrogens with zero attached hydrogens (tertiary/aromatic N) is 3. The van der Waals surface area contributed by atoms with Gasteiger partial charge in [0.15, 0.2) is 0 Å². The third-order valence-electron chi connectivity index (χ3n) is 6.16. The first-order valence-electron chi connectivity index (χ1n) is 12.8. The molecule has 4 N–H and O–H groups in total. The monoisotopic (exact) mass is 560 g/mol. The lowest BCUT2D eigenvalue weighted by molar-refractivity contribution is -0.138. The number of carbonyl (C=O) groups is 1. The number of aromatic nitrogens is 2. The van der Waals surface area contributed by atoms with Gasteiger partial charge in [0.25, 0.3) is 0 Å². The normalized spacial score (nSPS) is 12.5. The Labute approximate surface area is 229 Å². The molecule has 4 rings (SSSR count). The number of hydrogen-bond donors (Lipinski definition) is 4. The van der Waals surface area contributed by atoms with Gasteiger partial charge in [-0.05, 0) is 54.7 Å². The molecule has 2 heterocycles. The van der Waals surface area contributed by atoms with Gasteiger partial charge in [-0.15, -0.1) is 0 Å². The highest BCUT2D eigenvalue weighted by molar-refractivity contribution is 8.00. The van der Waals surface area contributed by atoms with Crippen molar-refractivity contribution in [1.82, 2.24) is 9.97 Å². The van der Waals surface area contributed by atoms with E-state index in [0.29, 0.717) is 25.1 Å². The largest absolute Gasteiger partial charge is 0.481 e. The Hall–Kier alpha value is -3.67. The zero-order chi connectivity index (χ0) is 27.8. The Morgan fingerprint density at radius 3 is 2.79 bits per heavy atom. The number of carboxylic acid groups (broad SMARTS) is 1. The van der Waals surface area contributed by atoms with Gasteiger partial charge in [-0.1, -0.05) is 37.1 Å². The molecule has 39 heavy (non-hydrogen) atoms. The van der Waals surface area contributed by atoms with Crippen molar-refractivity contribution in [2.24, 2.45) is 0 Å². The second kappa shape index (κ2) is 12.9. The first-order chi connectivity index (χ1) is 18.7. The van der Waals surface area contributed by atoms with Crippen LogP contribution in [0.15, 0.2) is 48.7 Å². The van der Waals surface area contributed by atoms with Crippen LogP contribution in [0.1, 0.15) is 42.9 Å². The predicted octanol–water partition coefficient (Wildman–Crippen LogP) is 6.55. The van der Waals surface area contributed by atoms with Crippen LogP contribution >= 0.6 is 11.9 Å². The topological polar surface area (TPSA) is 102 Å². The van der Waals surface area contributed by atoms with Crippen LogP contribution < -0.4 is 20.3 Å². The van der Waals surface area contributed by atoms with Crippen molar-refractivity contribution in [2.45, 2.75) is 45.3 Å². The van der Waals surface area contributed by atoms with E-state index in [1.807, 2.05) is 49.4 Å². The zero-order valence-corrected chi connectivity index (χ0v) is 22.3. The van der Waals surface area contributed by atoms with E-state index >= 15 is 0 Å². The third-order valence-corrected chi connectivity index (χ3v) is 7.11. The molecule has 208 valence electrons. The Morgan fingerprint density at radius 2 is 2.03 bits per heavy atom. The van der Waals surface area contributed by atoms with E-state index in [4.69, 9.17) is 5.11 Å². The Kier molecular flexibility index (Phi) is 9.39. The molecule has 0 spiro atoms. The van der Waals surface area contributed by atoms with Crippen molar-refractivity contribution in [1.29, 1.82) is 0 Å². The fourth-order valence-corrected chi connectivity index (χ4v) is 5.21. The average molecular weight is 561 g/mol. The number of anilines is 5. The number of carboxylic acids is 1. The lowest BCUT2D eigenvalue weighted by Crippen LogP contribution is -2.20. The van der Waals surface area contributed by atoms with Gasteiger partial charge >= 0.3 is 12.1 Å². The minimum atomic E-state index is -4.63. The molecule has 0 bridgehead atoms. The number of alkyl halides is 3. The molecule has 8 nitrogen and oxygen atoms in total. The van der Waals surface area contributed by atoms with E-state index in [-0.39, 0.29) is 24.7 Å². The summed E-state index contributed by atoms with van der Waals surface area (Å²) >= 11 is 1.58. The highest BCUT2D eigenvalue weighted by Crippen LogP contribution is 2.35. The maximum atomic E-state index is 13.8. The first kappa shape index (κ1) is 28.3. The van der Waals surface area contributed by atoms with Gasteiger partial charge in [-0.2, -0.15) is 18.2 Å². The summed E-state index contributed by atoms with van der Waals surface area (Å²) in [5, 5.41) is 18.1. The molecule has 0 aliphatic carbocycles. The summed E-state index contributed by atoms with van der Waals surface area (Å²) in [6.07, 6.45) is -1.64. The van der Waals surface area contributed by atoms with E-state index in [2.05, 4.69) is 30.2 Å². The molecule has 0 saturated carbocycles. The maximum absolute atomic E-state index is 13.8. The molecule has 0 atom stereocenters. The number of hydrogen-bond acceptors (Lipinski definition) is 8. The molecule has 2 aromatic carbocycles. The van der Waals surface area contributed by atoms with Crippen LogP contribution in [0, 0.1) is 0 Å². The molecule has 3 aromatic rings. The Morgan fingerprint density at radius 1 is 1.21 bits per heavy atom. The number of halogens is 3. The molecule has 0 amide bonds. The van der Waals surface area contributed by atoms with Gasteiger partial charge < -0.3 is 25.4 Å². The van der Waals surface area contributed by atoms with E-state index in [0.717, 1.165) is 47.4 Å². The molecule has 12 heteroatoms. The standard InChI is InChI=1S/C27H31F3N6O2S/c1-2-39-36(14-6-5-9-24(37)38)23-8-4-3-7-19(23)16-32-25-21(27(28,29)30)17-33-26(35-25)34-20-10-11-22-18(15-20)12-13-31-22/h3-4,7-8,10-11,15,17,31H,2,5-6,9,12-14,16H2,1H3,(H,37,38)(H2,32,33,34,35). The number of fused-ring (bicyclic) bond motifs is 1. The molecule has 1 aliphatic rings. The molecule has 0 fully saturated rings. The highest BCUT2D eigenvalue weighted by atomic mass is 32.2. The summed E-state index contributed by atoms with van der Waals surface area (Å²) in [5.74, 6) is -0.291. The van der Waals surface area contributed by atoms with Gasteiger partial charge in [0.2, 0.25) is 5.95 Å². The summed E-state index contributed by atoms with van der Waals surface area (Å²) in [7, 11) is 0. The number of aliphatic carboxylic acids is 1. The zero-order valence-electron chi connectivity index (χ0n) is 21.5. The number of benzene rings is 2. The number of unbranched alkanes of at least 4 members (excludes halogenated alkanes) is 1. The number of para-hydroxylation sites is 1. The summed E-state index contributed by atoms with van der Waals surface area (Å²) in [6.45, 7) is 3.59. The summed E-state index contributed by atoms with van der Waals surface area (Å²) in [5.41, 5.74) is 3.58. The summed E-state index contributed by atoms with van der Waals surface area (Å²) in [6, 6.07) is 13.2. The van der Waals surface area contributed by atoms with Crippen molar-refractivity contribution < 1.29 is 23.1 Å². The van der Waals surface area contributed by atoms with Gasteiger partial charge in [0.1, 0.15) is 11.4 Å². The van der Waals surface area contributed by atoms with Crippen LogP contribution in [-0.2, 0) is 23.9 Å². The molecular weight excluding hydrogens is 529 g/mol. The lowest BCUT2D eigenvalue weighted by atomic mass is 10.1. The second-order valence-corrected chi connectivity index (χ2v) is 10.3. The molecule has 1 aliphatic heterocycles. The van der Waals surface area contributed by atoms with Gasteiger partial charge in [-0.3, -0.25) is 4.79 Å². The molecule has 0 radical (unpaired) electrons. The van der Waals surface area contributed by atoms with Crippen LogP contribution in [0.3, 0.4) is 0 Å². The second-order valence-electron chi connectivity index (χ2n) is 8.98. The lowest BCUT2D eigenvalue weighted by Gasteiger charge is -2.26. The van der Waals surface area contributed by atoms with Crippen molar-refractivity contribution in [3.63, 3.8) is 0 Å². The molecule has 0 saturated heterocycles. The highest BCUT2D eigenvalue weighted by Gasteiger charge is 2.35. The fourth-order valence-electron chi connectivity index (χ4n) is 4.32. The van der Waals surface area contributed by atoms with Crippen molar-refractivity contribution in [3.8, 4) is 0 Å². The van der Waals surface area contributed by atoms with Gasteiger partial charge in [0, 0.05) is 49.4 Å². The van der Waals surface area contributed by atoms with Crippen LogP contribution in [-0.4, -0.2) is 39.9 Å².